The highest BCUT2D eigenvalue weighted by molar-refractivity contribution is 5.48. The van der Waals surface area contributed by atoms with Crippen LogP contribution in [0.25, 0.3) is 0 Å². The largest absolute Gasteiger partial charge is 0.493 e. The van der Waals surface area contributed by atoms with Crippen molar-refractivity contribution in [2.75, 3.05) is 20.3 Å². The number of aliphatic hydroxyl groups excluding tert-OH is 1. The summed E-state index contributed by atoms with van der Waals surface area (Å²) in [5.41, 5.74) is 0.867. The second-order valence-electron chi connectivity index (χ2n) is 3.19. The first-order valence-electron chi connectivity index (χ1n) is 4.98. The van der Waals surface area contributed by atoms with Crippen molar-refractivity contribution in [1.82, 2.24) is 0 Å². The van der Waals surface area contributed by atoms with Gasteiger partial charge in [-0.1, -0.05) is 12.1 Å². The number of hydrogen-bond donors (Lipinski definition) is 1. The van der Waals surface area contributed by atoms with Gasteiger partial charge in [-0.15, -0.1) is 0 Å². The molecule has 1 unspecified atom stereocenters. The molecule has 0 aliphatic carbocycles. The number of methoxy groups -OCH3 is 1. The zero-order valence-electron chi connectivity index (χ0n) is 9.19. The van der Waals surface area contributed by atoms with E-state index >= 15 is 0 Å². The molecule has 1 aromatic carbocycles. The van der Waals surface area contributed by atoms with Gasteiger partial charge < -0.3 is 14.6 Å². The summed E-state index contributed by atoms with van der Waals surface area (Å²) in [7, 11) is 1.59. The van der Waals surface area contributed by atoms with E-state index in [4.69, 9.17) is 14.6 Å². The molecule has 0 spiro atoms. The van der Waals surface area contributed by atoms with Crippen LogP contribution < -0.4 is 9.47 Å². The van der Waals surface area contributed by atoms with Gasteiger partial charge in [0.2, 0.25) is 0 Å². The maximum atomic E-state index is 9.07. The van der Waals surface area contributed by atoms with Gasteiger partial charge in [0.25, 0.3) is 0 Å². The Kier molecular flexibility index (Phi) is 4.43. The summed E-state index contributed by atoms with van der Waals surface area (Å²) >= 11 is 0. The minimum atomic E-state index is -0.194. The van der Waals surface area contributed by atoms with Crippen molar-refractivity contribution in [3.05, 3.63) is 30.7 Å². The van der Waals surface area contributed by atoms with Gasteiger partial charge in [-0.3, -0.25) is 0 Å². The van der Waals surface area contributed by atoms with Gasteiger partial charge in [0, 0.05) is 11.5 Å². The Labute approximate surface area is 90.6 Å². The molecule has 0 heterocycles. The van der Waals surface area contributed by atoms with Crippen molar-refractivity contribution in [1.29, 1.82) is 0 Å². The van der Waals surface area contributed by atoms with Crippen LogP contribution in [0.5, 0.6) is 11.5 Å². The third-order valence-corrected chi connectivity index (χ3v) is 2.17. The predicted octanol–water partition coefficient (Wildman–Crippen LogP) is 2.00. The third-order valence-electron chi connectivity index (χ3n) is 2.17. The normalized spacial score (nSPS) is 12.3. The molecule has 83 valence electrons. The summed E-state index contributed by atoms with van der Waals surface area (Å²) in [6, 6.07) is 5.60. The lowest BCUT2D eigenvalue weighted by Gasteiger charge is -2.16. The lowest BCUT2D eigenvalue weighted by Crippen LogP contribution is -2.04. The van der Waals surface area contributed by atoms with Crippen LogP contribution in [0, 0.1) is 6.92 Å². The van der Waals surface area contributed by atoms with Gasteiger partial charge in [0.05, 0.1) is 20.3 Å². The molecule has 0 bridgehead atoms. The highest BCUT2D eigenvalue weighted by Crippen LogP contribution is 2.35. The maximum Gasteiger partial charge on any atom is 0.164 e. The average molecular weight is 209 g/mol. The second kappa shape index (κ2) is 5.61. The van der Waals surface area contributed by atoms with Crippen LogP contribution in [0.3, 0.4) is 0 Å². The molecule has 3 nitrogen and oxygen atoms in total. The van der Waals surface area contributed by atoms with Crippen molar-refractivity contribution < 1.29 is 14.6 Å². The lowest BCUT2D eigenvalue weighted by atomic mass is 10.0. The van der Waals surface area contributed by atoms with Gasteiger partial charge >= 0.3 is 0 Å². The first-order valence-corrected chi connectivity index (χ1v) is 4.98. The fraction of sp³-hybridized carbons (Fsp3) is 0.417. The first kappa shape index (κ1) is 11.9. The van der Waals surface area contributed by atoms with Crippen molar-refractivity contribution in [2.24, 2.45) is 0 Å². The highest BCUT2D eigenvalue weighted by atomic mass is 16.5. The fourth-order valence-corrected chi connectivity index (χ4v) is 1.44. The third kappa shape index (κ3) is 2.63. The monoisotopic (exact) mass is 209 g/mol. The Bertz CT molecular complexity index is 310. The van der Waals surface area contributed by atoms with Gasteiger partial charge in [-0.05, 0) is 19.9 Å². The molecule has 1 radical (unpaired) electrons. The Morgan fingerprint density at radius 1 is 1.47 bits per heavy atom. The van der Waals surface area contributed by atoms with E-state index in [0.29, 0.717) is 18.1 Å². The summed E-state index contributed by atoms with van der Waals surface area (Å²) in [5.74, 6) is 1.16. The molecule has 3 heteroatoms. The Balaban J connectivity index is 3.09. The second-order valence-corrected chi connectivity index (χ2v) is 3.19. The molecule has 0 aliphatic rings. The van der Waals surface area contributed by atoms with Gasteiger partial charge in [-0.25, -0.2) is 0 Å². The van der Waals surface area contributed by atoms with E-state index < -0.39 is 0 Å². The topological polar surface area (TPSA) is 38.7 Å². The molecule has 0 aromatic heterocycles. The van der Waals surface area contributed by atoms with Crippen LogP contribution in [-0.2, 0) is 0 Å². The molecule has 1 atom stereocenters. The number of rotatable bonds is 5. The molecule has 0 saturated carbocycles. The number of benzene rings is 1. The van der Waals surface area contributed by atoms with E-state index in [1.165, 1.54) is 0 Å². The standard InChI is InChI=1S/C12H17O3/c1-4-15-11-7-5-6-10(9(2)8-13)12(11)14-3/h5-7,9,13H,2,4,8H2,1,3H3. The molecule has 0 saturated heterocycles. The Morgan fingerprint density at radius 3 is 2.73 bits per heavy atom. The smallest absolute Gasteiger partial charge is 0.164 e. The number of hydrogen-bond acceptors (Lipinski definition) is 3. The predicted molar refractivity (Wildman–Crippen MR) is 59.3 cm³/mol. The summed E-state index contributed by atoms with van der Waals surface area (Å²) in [4.78, 5) is 0. The summed E-state index contributed by atoms with van der Waals surface area (Å²) in [6.07, 6.45) is 0. The molecule has 0 amide bonds. The van der Waals surface area contributed by atoms with E-state index in [0.717, 1.165) is 5.56 Å². The van der Waals surface area contributed by atoms with Crippen LogP contribution in [-0.4, -0.2) is 25.4 Å². The Hall–Kier alpha value is -1.22. The zero-order valence-corrected chi connectivity index (χ0v) is 9.19. The minimum Gasteiger partial charge on any atom is -0.493 e. The van der Waals surface area contributed by atoms with Crippen LogP contribution >= 0.6 is 0 Å². The van der Waals surface area contributed by atoms with Gasteiger partial charge in [-0.2, -0.15) is 0 Å². The number of para-hydroxylation sites is 1. The molecule has 15 heavy (non-hydrogen) atoms. The van der Waals surface area contributed by atoms with E-state index in [1.54, 1.807) is 7.11 Å². The van der Waals surface area contributed by atoms with Gasteiger partial charge in [0.1, 0.15) is 0 Å². The summed E-state index contributed by atoms with van der Waals surface area (Å²) in [6.45, 7) is 6.34. The van der Waals surface area contributed by atoms with E-state index in [-0.39, 0.29) is 12.5 Å². The number of aliphatic hydroxyl groups is 1. The first-order chi connectivity index (χ1) is 7.24. The average Bonchev–Trinajstić information content (AvgIpc) is 2.28. The molecule has 1 N–H and O–H groups in total. The molecular weight excluding hydrogens is 192 g/mol. The van der Waals surface area contributed by atoms with E-state index in [2.05, 4.69) is 6.92 Å². The van der Waals surface area contributed by atoms with Crippen molar-refractivity contribution in [2.45, 2.75) is 12.8 Å². The maximum absolute atomic E-state index is 9.07. The summed E-state index contributed by atoms with van der Waals surface area (Å²) < 4.78 is 10.7. The Morgan fingerprint density at radius 2 is 2.20 bits per heavy atom. The summed E-state index contributed by atoms with van der Waals surface area (Å²) in [5, 5.41) is 9.07. The highest BCUT2D eigenvalue weighted by Gasteiger charge is 2.14. The molecule has 1 rings (SSSR count). The zero-order chi connectivity index (χ0) is 11.3. The minimum absolute atomic E-state index is 0.00800. The molecule has 0 aliphatic heterocycles. The van der Waals surface area contributed by atoms with Crippen LogP contribution in [0.2, 0.25) is 0 Å². The van der Waals surface area contributed by atoms with E-state index in [9.17, 15) is 0 Å². The van der Waals surface area contributed by atoms with Crippen LogP contribution in [0.1, 0.15) is 18.4 Å². The quantitative estimate of drug-likeness (QED) is 0.806. The molecule has 0 fully saturated rings. The SMILES string of the molecule is [CH2]C(CO)c1cccc(OCC)c1OC. The van der Waals surface area contributed by atoms with Crippen molar-refractivity contribution >= 4 is 0 Å². The van der Waals surface area contributed by atoms with Crippen LogP contribution in [0.15, 0.2) is 18.2 Å². The van der Waals surface area contributed by atoms with Crippen LogP contribution in [0.4, 0.5) is 0 Å². The van der Waals surface area contributed by atoms with E-state index in [1.807, 2.05) is 25.1 Å². The fourth-order valence-electron chi connectivity index (χ4n) is 1.44. The van der Waals surface area contributed by atoms with Crippen molar-refractivity contribution in [3.8, 4) is 11.5 Å². The van der Waals surface area contributed by atoms with Crippen molar-refractivity contribution in [3.63, 3.8) is 0 Å². The molecular formula is C12H17O3. The van der Waals surface area contributed by atoms with Gasteiger partial charge in [0.15, 0.2) is 11.5 Å². The molecule has 1 aromatic rings. The lowest BCUT2D eigenvalue weighted by molar-refractivity contribution is 0.275. The number of ether oxygens (including phenoxy) is 2.